The van der Waals surface area contributed by atoms with Gasteiger partial charge in [0.05, 0.1) is 11.6 Å². The van der Waals surface area contributed by atoms with Crippen LogP contribution in [0.2, 0.25) is 0 Å². The number of nitriles is 1. The fourth-order valence-electron chi connectivity index (χ4n) is 1.20. The average molecular weight is 223 g/mol. The predicted octanol–water partition coefficient (Wildman–Crippen LogP) is 2.95. The van der Waals surface area contributed by atoms with Gasteiger partial charge in [-0.1, -0.05) is 30.3 Å². The Morgan fingerprint density at radius 1 is 1.00 bits per heavy atom. The molecule has 0 heterocycles. The average Bonchev–Trinajstić information content (AvgIpc) is 2.41. The smallest absolute Gasteiger partial charge is 0.395 e. The number of rotatable bonds is 3. The molecule has 0 unspecified atom stereocenters. The molecule has 0 radical (unpaired) electrons. The van der Waals surface area contributed by atoms with Gasteiger partial charge in [0, 0.05) is 0 Å². The summed E-state index contributed by atoms with van der Waals surface area (Å²) in [7, 11) is 0. The van der Waals surface area contributed by atoms with Crippen LogP contribution >= 0.6 is 0 Å². The molecule has 17 heavy (non-hydrogen) atoms. The lowest BCUT2D eigenvalue weighted by molar-refractivity contribution is 0.218. The standard InChI is InChI=1S/C14H9NO2/c15-10-12-6-8-14(9-7-12)17-11-16-13-4-2-1-3-5-13/h1-9H. The van der Waals surface area contributed by atoms with Crippen LogP contribution in [0, 0.1) is 11.3 Å². The molecule has 2 rings (SSSR count). The summed E-state index contributed by atoms with van der Waals surface area (Å²) in [5, 5.41) is 8.62. The molecule has 0 aromatic heterocycles. The van der Waals surface area contributed by atoms with Crippen molar-refractivity contribution in [1.29, 1.82) is 5.26 Å². The zero-order chi connectivity index (χ0) is 11.9. The normalized spacial score (nSPS) is 10.1. The molecule has 2 aromatic carbocycles. The highest BCUT2D eigenvalue weighted by molar-refractivity contribution is 5.49. The third-order valence-electron chi connectivity index (χ3n) is 2.05. The molecule has 0 atom stereocenters. The van der Waals surface area contributed by atoms with E-state index in [2.05, 4.69) is 6.47 Å². The van der Waals surface area contributed by atoms with Crippen LogP contribution in [0.4, 0.5) is 0 Å². The monoisotopic (exact) mass is 223 g/mol. The highest BCUT2D eigenvalue weighted by atomic mass is 16.6. The summed E-state index contributed by atoms with van der Waals surface area (Å²) in [4.78, 5) is 0. The molecule has 0 amide bonds. The Bertz CT molecular complexity index is 539. The summed E-state index contributed by atoms with van der Waals surface area (Å²) < 4.78 is 10.3. The van der Waals surface area contributed by atoms with Crippen LogP contribution in [0.25, 0.3) is 0 Å². The molecule has 0 aliphatic rings. The van der Waals surface area contributed by atoms with E-state index in [1.54, 1.807) is 36.4 Å². The molecular formula is C14H9NO2. The van der Waals surface area contributed by atoms with Gasteiger partial charge in [-0.15, -0.1) is 0 Å². The lowest BCUT2D eigenvalue weighted by atomic mass is 10.2. The summed E-state index contributed by atoms with van der Waals surface area (Å²) in [6.45, 7) is 2.37. The second-order valence-corrected chi connectivity index (χ2v) is 3.24. The molecule has 0 aliphatic heterocycles. The molecule has 82 valence electrons. The number of para-hydroxylation sites is 1. The van der Waals surface area contributed by atoms with Gasteiger partial charge in [0.25, 0.3) is 0 Å². The molecule has 0 spiro atoms. The minimum absolute atomic E-state index is 0.569. The maximum atomic E-state index is 8.62. The summed E-state index contributed by atoms with van der Waals surface area (Å²) in [5.41, 5.74) is 0.585. The number of carbonyl (C=O) groups excluding carboxylic acids is 1. The third kappa shape index (κ3) is 3.18. The fourth-order valence-corrected chi connectivity index (χ4v) is 1.20. The molecular weight excluding hydrogens is 214 g/mol. The van der Waals surface area contributed by atoms with Crippen molar-refractivity contribution in [2.45, 2.75) is 0 Å². The minimum atomic E-state index is 0.569. The molecule has 2 aromatic rings. The van der Waals surface area contributed by atoms with Crippen LogP contribution in [0.5, 0.6) is 11.5 Å². The van der Waals surface area contributed by atoms with Crippen LogP contribution in [-0.2, 0) is 4.42 Å². The Hall–Kier alpha value is -2.60. The highest BCUT2D eigenvalue weighted by Crippen LogP contribution is 2.11. The van der Waals surface area contributed by atoms with Gasteiger partial charge in [0.15, 0.2) is 0 Å². The molecule has 0 bridgehead atoms. The summed E-state index contributed by atoms with van der Waals surface area (Å²) in [5.74, 6) is 1.22. The van der Waals surface area contributed by atoms with Crippen molar-refractivity contribution >= 4 is 6.47 Å². The minimum Gasteiger partial charge on any atom is -0.395 e. The van der Waals surface area contributed by atoms with Crippen molar-refractivity contribution in [3.05, 3.63) is 60.2 Å². The van der Waals surface area contributed by atoms with Crippen molar-refractivity contribution in [3.8, 4) is 17.6 Å². The van der Waals surface area contributed by atoms with Gasteiger partial charge in [0.2, 0.25) is 0 Å². The van der Waals surface area contributed by atoms with E-state index in [-0.39, 0.29) is 0 Å². The SMILES string of the molecule is N#Cc1ccc(O[C-]=[O+]c2ccccc2)cc1. The van der Waals surface area contributed by atoms with E-state index < -0.39 is 0 Å². The molecule has 0 saturated carbocycles. The van der Waals surface area contributed by atoms with E-state index >= 15 is 0 Å². The van der Waals surface area contributed by atoms with E-state index in [0.717, 1.165) is 0 Å². The number of nitrogens with zero attached hydrogens (tertiary/aromatic N) is 1. The van der Waals surface area contributed by atoms with Gasteiger partial charge in [0.1, 0.15) is 11.5 Å². The number of benzene rings is 2. The van der Waals surface area contributed by atoms with E-state index in [1.165, 1.54) is 0 Å². The molecule has 3 heteroatoms. The maximum absolute atomic E-state index is 8.62. The van der Waals surface area contributed by atoms with Crippen LogP contribution in [-0.4, -0.2) is 6.47 Å². The largest absolute Gasteiger partial charge is 0.499 e. The first kappa shape index (κ1) is 10.9. The van der Waals surface area contributed by atoms with Gasteiger partial charge in [-0.3, -0.25) is 0 Å². The molecule has 0 saturated heterocycles. The first-order chi connectivity index (χ1) is 8.38. The van der Waals surface area contributed by atoms with Crippen LogP contribution in [0.1, 0.15) is 5.56 Å². The first-order valence-electron chi connectivity index (χ1n) is 5.02. The van der Waals surface area contributed by atoms with E-state index in [1.807, 2.05) is 24.3 Å². The molecule has 0 N–H and O–H groups in total. The van der Waals surface area contributed by atoms with Crippen LogP contribution in [0.15, 0.2) is 54.6 Å². The highest BCUT2D eigenvalue weighted by Gasteiger charge is 1.94. The number of hydrogen-bond acceptors (Lipinski definition) is 2. The fraction of sp³-hybridized carbons (Fsp3) is 0. The zero-order valence-corrected chi connectivity index (χ0v) is 8.96. The van der Waals surface area contributed by atoms with E-state index in [9.17, 15) is 0 Å². The zero-order valence-electron chi connectivity index (χ0n) is 8.96. The second kappa shape index (κ2) is 5.47. The van der Waals surface area contributed by atoms with E-state index in [0.29, 0.717) is 17.1 Å². The van der Waals surface area contributed by atoms with Gasteiger partial charge < -0.3 is 9.16 Å². The van der Waals surface area contributed by atoms with Crippen LogP contribution in [0.3, 0.4) is 0 Å². The van der Waals surface area contributed by atoms with Gasteiger partial charge in [-0.2, -0.15) is 5.26 Å². The van der Waals surface area contributed by atoms with Crippen molar-refractivity contribution in [2.75, 3.05) is 0 Å². The predicted molar refractivity (Wildman–Crippen MR) is 63.4 cm³/mol. The molecule has 0 fully saturated rings. The Morgan fingerprint density at radius 2 is 1.71 bits per heavy atom. The summed E-state index contributed by atoms with van der Waals surface area (Å²) >= 11 is 0. The number of hydrogen-bond donors (Lipinski definition) is 0. The first-order valence-corrected chi connectivity index (χ1v) is 5.02. The second-order valence-electron chi connectivity index (χ2n) is 3.24. The third-order valence-corrected chi connectivity index (χ3v) is 2.05. The lowest BCUT2D eigenvalue weighted by Crippen LogP contribution is -1.90. The Kier molecular flexibility index (Phi) is 3.51. The summed E-state index contributed by atoms with van der Waals surface area (Å²) in [6.07, 6.45) is 0. The number of ether oxygens (including phenoxy) is 1. The van der Waals surface area contributed by atoms with Gasteiger partial charge >= 0.3 is 6.47 Å². The Balaban J connectivity index is 1.98. The van der Waals surface area contributed by atoms with E-state index in [4.69, 9.17) is 14.4 Å². The van der Waals surface area contributed by atoms with Gasteiger partial charge in [-0.25, -0.2) is 0 Å². The van der Waals surface area contributed by atoms with Crippen molar-refractivity contribution in [2.24, 2.45) is 0 Å². The molecule has 3 nitrogen and oxygen atoms in total. The van der Waals surface area contributed by atoms with Crippen molar-refractivity contribution in [1.82, 2.24) is 0 Å². The maximum Gasteiger partial charge on any atom is 0.499 e. The van der Waals surface area contributed by atoms with Gasteiger partial charge in [-0.05, 0) is 24.3 Å². The quantitative estimate of drug-likeness (QED) is 0.593. The van der Waals surface area contributed by atoms with Crippen molar-refractivity contribution in [3.63, 3.8) is 0 Å². The summed E-state index contributed by atoms with van der Waals surface area (Å²) in [6, 6.07) is 17.9. The molecule has 0 aliphatic carbocycles. The van der Waals surface area contributed by atoms with Crippen molar-refractivity contribution < 1.29 is 9.16 Å². The lowest BCUT2D eigenvalue weighted by Gasteiger charge is -1.95. The Morgan fingerprint density at radius 3 is 2.35 bits per heavy atom. The van der Waals surface area contributed by atoms with Crippen LogP contribution < -0.4 is 4.74 Å². The topological polar surface area (TPSA) is 44.3 Å². The Labute approximate surface area is 99.2 Å².